The number of benzene rings is 1. The van der Waals surface area contributed by atoms with Crippen LogP contribution in [-0.2, 0) is 19.2 Å². The van der Waals surface area contributed by atoms with E-state index in [1.54, 1.807) is 18.2 Å². The van der Waals surface area contributed by atoms with Gasteiger partial charge in [0.2, 0.25) is 17.7 Å². The summed E-state index contributed by atoms with van der Waals surface area (Å²) in [6, 6.07) is 7.91. The molecule has 0 radical (unpaired) electrons. The Bertz CT molecular complexity index is 583. The molecule has 0 aliphatic carbocycles. The number of hydroxylamine groups is 1. The molecule has 4 amide bonds. The summed E-state index contributed by atoms with van der Waals surface area (Å²) in [5.41, 5.74) is 0.196. The molecular formula is C14H14N2O5. The monoisotopic (exact) mass is 290 g/mol. The largest absolute Gasteiger partial charge is 0.281 e. The first-order valence-electron chi connectivity index (χ1n) is 6.41. The third kappa shape index (κ3) is 2.82. The Morgan fingerprint density at radius 3 is 2.19 bits per heavy atom. The van der Waals surface area contributed by atoms with Gasteiger partial charge in [-0.1, -0.05) is 18.2 Å². The number of hydrogen-bond acceptors (Lipinski definition) is 5. The highest BCUT2D eigenvalue weighted by molar-refractivity contribution is 6.20. The molecule has 1 saturated heterocycles. The molecule has 110 valence electrons. The molecule has 1 aromatic rings. The van der Waals surface area contributed by atoms with Gasteiger partial charge in [-0.2, -0.15) is 5.06 Å². The van der Waals surface area contributed by atoms with Gasteiger partial charge in [0.1, 0.15) is 5.92 Å². The van der Waals surface area contributed by atoms with Gasteiger partial charge in [0.25, 0.3) is 5.91 Å². The Morgan fingerprint density at radius 2 is 1.67 bits per heavy atom. The quantitative estimate of drug-likeness (QED) is 0.383. The summed E-state index contributed by atoms with van der Waals surface area (Å²) in [5, 5.41) is 10.2. The summed E-state index contributed by atoms with van der Waals surface area (Å²) in [6.07, 6.45) is -0.0694. The van der Waals surface area contributed by atoms with Crippen molar-refractivity contribution < 1.29 is 24.4 Å². The fourth-order valence-corrected chi connectivity index (χ4v) is 2.00. The van der Waals surface area contributed by atoms with E-state index >= 15 is 0 Å². The molecule has 7 nitrogen and oxygen atoms in total. The standard InChI is InChI=1S/C14H14N2O5/c1-9(13(19)15-11(17)7-8-12(15)18)14(20)16(21)10-5-3-2-4-6-10/h2-6,9,21H,7-8H2,1H3. The van der Waals surface area contributed by atoms with Crippen LogP contribution in [0.2, 0.25) is 0 Å². The van der Waals surface area contributed by atoms with Crippen molar-refractivity contribution >= 4 is 29.3 Å². The van der Waals surface area contributed by atoms with Gasteiger partial charge in [0, 0.05) is 12.8 Å². The van der Waals surface area contributed by atoms with Gasteiger partial charge in [0.05, 0.1) is 5.69 Å². The normalized spacial score (nSPS) is 16.0. The molecule has 1 unspecified atom stereocenters. The smallest absolute Gasteiger partial charge is 0.262 e. The van der Waals surface area contributed by atoms with Crippen molar-refractivity contribution in [2.24, 2.45) is 5.92 Å². The summed E-state index contributed by atoms with van der Waals surface area (Å²) >= 11 is 0. The van der Waals surface area contributed by atoms with Gasteiger partial charge in [0.15, 0.2) is 0 Å². The second-order valence-corrected chi connectivity index (χ2v) is 4.67. The highest BCUT2D eigenvalue weighted by Gasteiger charge is 2.40. The molecule has 1 aliphatic rings. The number of amides is 4. The van der Waals surface area contributed by atoms with Crippen molar-refractivity contribution in [3.8, 4) is 0 Å². The van der Waals surface area contributed by atoms with Crippen molar-refractivity contribution in [1.82, 2.24) is 4.90 Å². The molecule has 1 aromatic carbocycles. The van der Waals surface area contributed by atoms with Crippen molar-refractivity contribution in [3.63, 3.8) is 0 Å². The molecule has 21 heavy (non-hydrogen) atoms. The van der Waals surface area contributed by atoms with Crippen LogP contribution in [0, 0.1) is 5.92 Å². The Balaban J connectivity index is 2.14. The van der Waals surface area contributed by atoms with Crippen molar-refractivity contribution in [2.75, 3.05) is 5.06 Å². The van der Waals surface area contributed by atoms with Gasteiger partial charge < -0.3 is 0 Å². The SMILES string of the molecule is CC(C(=O)N1C(=O)CCC1=O)C(=O)N(O)c1ccccc1. The van der Waals surface area contributed by atoms with E-state index in [1.165, 1.54) is 19.1 Å². The summed E-state index contributed by atoms with van der Waals surface area (Å²) in [7, 11) is 0. The van der Waals surface area contributed by atoms with E-state index < -0.39 is 29.5 Å². The van der Waals surface area contributed by atoms with Crippen LogP contribution in [0.25, 0.3) is 0 Å². The van der Waals surface area contributed by atoms with Crippen LogP contribution in [0.3, 0.4) is 0 Å². The van der Waals surface area contributed by atoms with Gasteiger partial charge >= 0.3 is 0 Å². The highest BCUT2D eigenvalue weighted by atomic mass is 16.5. The lowest BCUT2D eigenvalue weighted by molar-refractivity contribution is -0.153. The maximum atomic E-state index is 12.1. The first kappa shape index (κ1) is 14.9. The van der Waals surface area contributed by atoms with Crippen LogP contribution < -0.4 is 5.06 Å². The first-order chi connectivity index (χ1) is 9.93. The first-order valence-corrected chi connectivity index (χ1v) is 6.41. The van der Waals surface area contributed by atoms with E-state index in [9.17, 15) is 24.4 Å². The lowest BCUT2D eigenvalue weighted by atomic mass is 10.1. The fourth-order valence-electron chi connectivity index (χ4n) is 2.00. The average Bonchev–Trinajstić information content (AvgIpc) is 2.84. The zero-order chi connectivity index (χ0) is 15.6. The number of likely N-dealkylation sites (tertiary alicyclic amines) is 1. The number of carbonyl (C=O) groups excluding carboxylic acids is 4. The molecule has 7 heteroatoms. The van der Waals surface area contributed by atoms with Crippen molar-refractivity contribution in [1.29, 1.82) is 0 Å². The van der Waals surface area contributed by atoms with Gasteiger partial charge in [-0.15, -0.1) is 0 Å². The zero-order valence-corrected chi connectivity index (χ0v) is 11.4. The predicted molar refractivity (Wildman–Crippen MR) is 71.0 cm³/mol. The van der Waals surface area contributed by atoms with Crippen LogP contribution in [0.15, 0.2) is 30.3 Å². The lowest BCUT2D eigenvalue weighted by Crippen LogP contribution is -2.45. The second kappa shape index (κ2) is 5.84. The number of imide groups is 3. The molecule has 0 saturated carbocycles. The van der Waals surface area contributed by atoms with Gasteiger partial charge in [-0.3, -0.25) is 24.4 Å². The number of nitrogens with zero attached hydrogens (tertiary/aromatic N) is 2. The summed E-state index contributed by atoms with van der Waals surface area (Å²) in [5.74, 6) is -4.38. The zero-order valence-electron chi connectivity index (χ0n) is 11.4. The topological polar surface area (TPSA) is 95.0 Å². The van der Waals surface area contributed by atoms with E-state index in [0.29, 0.717) is 9.96 Å². The van der Waals surface area contributed by atoms with Crippen LogP contribution in [0.4, 0.5) is 5.69 Å². The molecule has 1 aliphatic heterocycles. The molecular weight excluding hydrogens is 276 g/mol. The fraction of sp³-hybridized carbons (Fsp3) is 0.286. The maximum absolute atomic E-state index is 12.1. The van der Waals surface area contributed by atoms with E-state index in [4.69, 9.17) is 0 Å². The molecule has 1 fully saturated rings. The Morgan fingerprint density at radius 1 is 1.14 bits per heavy atom. The van der Waals surface area contributed by atoms with E-state index in [1.807, 2.05) is 0 Å². The molecule has 0 aromatic heterocycles. The van der Waals surface area contributed by atoms with E-state index in [0.717, 1.165) is 0 Å². The number of anilines is 1. The Labute approximate surface area is 120 Å². The molecule has 2 rings (SSSR count). The van der Waals surface area contributed by atoms with Gasteiger partial charge in [-0.25, -0.2) is 4.90 Å². The minimum Gasteiger partial charge on any atom is -0.281 e. The number of para-hydroxylation sites is 1. The van der Waals surface area contributed by atoms with E-state index in [2.05, 4.69) is 0 Å². The molecule has 1 atom stereocenters. The van der Waals surface area contributed by atoms with E-state index in [-0.39, 0.29) is 18.5 Å². The van der Waals surface area contributed by atoms with Crippen LogP contribution in [0.5, 0.6) is 0 Å². The molecule has 0 spiro atoms. The average molecular weight is 290 g/mol. The number of carbonyl (C=O) groups is 4. The molecule has 1 heterocycles. The van der Waals surface area contributed by atoms with Crippen LogP contribution in [-0.4, -0.2) is 33.7 Å². The minimum absolute atomic E-state index is 0.0347. The number of hydrogen-bond donors (Lipinski definition) is 1. The van der Waals surface area contributed by atoms with Crippen LogP contribution in [0.1, 0.15) is 19.8 Å². The second-order valence-electron chi connectivity index (χ2n) is 4.67. The highest BCUT2D eigenvalue weighted by Crippen LogP contribution is 2.19. The Hall–Kier alpha value is -2.54. The number of rotatable bonds is 3. The maximum Gasteiger partial charge on any atom is 0.262 e. The minimum atomic E-state index is -1.33. The Kier molecular flexibility index (Phi) is 4.13. The van der Waals surface area contributed by atoms with Crippen LogP contribution >= 0.6 is 0 Å². The predicted octanol–water partition coefficient (Wildman–Crippen LogP) is 0.720. The van der Waals surface area contributed by atoms with Crippen molar-refractivity contribution in [3.05, 3.63) is 30.3 Å². The van der Waals surface area contributed by atoms with Crippen molar-refractivity contribution in [2.45, 2.75) is 19.8 Å². The summed E-state index contributed by atoms with van der Waals surface area (Å²) in [4.78, 5) is 47.6. The molecule has 0 bridgehead atoms. The molecule has 1 N–H and O–H groups in total. The third-order valence-corrected chi connectivity index (χ3v) is 3.22. The third-order valence-electron chi connectivity index (χ3n) is 3.22. The summed E-state index contributed by atoms with van der Waals surface area (Å²) in [6.45, 7) is 1.25. The summed E-state index contributed by atoms with van der Waals surface area (Å²) < 4.78 is 0. The lowest BCUT2D eigenvalue weighted by Gasteiger charge is -2.21. The van der Waals surface area contributed by atoms with Gasteiger partial charge in [-0.05, 0) is 19.1 Å².